The van der Waals surface area contributed by atoms with Crippen molar-refractivity contribution < 1.29 is 0 Å². The van der Waals surface area contributed by atoms with Crippen molar-refractivity contribution in [1.29, 1.82) is 0 Å². The minimum atomic E-state index is 0.954. The van der Waals surface area contributed by atoms with Crippen molar-refractivity contribution >= 4 is 0 Å². The molecule has 2 heteroatoms. The fourth-order valence-electron chi connectivity index (χ4n) is 2.26. The van der Waals surface area contributed by atoms with Crippen molar-refractivity contribution in [3.05, 3.63) is 35.4 Å². The summed E-state index contributed by atoms with van der Waals surface area (Å²) in [4.78, 5) is 2.60. The van der Waals surface area contributed by atoms with Crippen LogP contribution in [0, 0.1) is 0 Å². The van der Waals surface area contributed by atoms with Gasteiger partial charge in [-0.25, -0.2) is 0 Å². The smallest absolute Gasteiger partial charge is 0.0233 e. The lowest BCUT2D eigenvalue weighted by atomic mass is 10.1. The Morgan fingerprint density at radius 3 is 1.89 bits per heavy atom. The minimum absolute atomic E-state index is 0.954. The van der Waals surface area contributed by atoms with E-state index in [1.54, 1.807) is 0 Å². The molecule has 0 saturated heterocycles. The van der Waals surface area contributed by atoms with E-state index in [1.165, 1.54) is 49.9 Å². The van der Waals surface area contributed by atoms with Crippen molar-refractivity contribution in [2.75, 3.05) is 20.1 Å². The Balaban J connectivity index is 2.51. The summed E-state index contributed by atoms with van der Waals surface area (Å²) in [5.41, 5.74) is 2.80. The first-order chi connectivity index (χ1) is 9.30. The maximum absolute atomic E-state index is 3.19. The molecule has 0 atom stereocenters. The molecule has 0 aliphatic heterocycles. The van der Waals surface area contributed by atoms with Gasteiger partial charge in [-0.3, -0.25) is 4.90 Å². The second kappa shape index (κ2) is 9.99. The first-order valence-electron chi connectivity index (χ1n) is 7.74. The van der Waals surface area contributed by atoms with Crippen LogP contribution in [0.15, 0.2) is 24.3 Å². The Kier molecular flexibility index (Phi) is 8.52. The van der Waals surface area contributed by atoms with Crippen LogP contribution in [-0.2, 0) is 13.1 Å². The number of hydrogen-bond acceptors (Lipinski definition) is 2. The van der Waals surface area contributed by atoms with E-state index in [0.717, 1.165) is 13.1 Å². The summed E-state index contributed by atoms with van der Waals surface area (Å²) in [5, 5.41) is 3.19. The lowest BCUT2D eigenvalue weighted by Crippen LogP contribution is -2.25. The number of rotatable bonds is 10. The molecule has 1 aromatic carbocycles. The van der Waals surface area contributed by atoms with Crippen LogP contribution < -0.4 is 5.32 Å². The van der Waals surface area contributed by atoms with E-state index in [-0.39, 0.29) is 0 Å². The molecule has 0 spiro atoms. The Hall–Kier alpha value is -0.860. The fraction of sp³-hybridized carbons (Fsp3) is 0.647. The Bertz CT molecular complexity index is 311. The third-order valence-corrected chi connectivity index (χ3v) is 3.47. The lowest BCUT2D eigenvalue weighted by molar-refractivity contribution is 0.257. The van der Waals surface area contributed by atoms with Gasteiger partial charge in [-0.05, 0) is 44.1 Å². The Morgan fingerprint density at radius 2 is 1.42 bits per heavy atom. The molecular formula is C17H30N2. The maximum Gasteiger partial charge on any atom is 0.0233 e. The van der Waals surface area contributed by atoms with E-state index in [1.807, 2.05) is 7.05 Å². The predicted octanol–water partition coefficient (Wildman–Crippen LogP) is 3.81. The van der Waals surface area contributed by atoms with E-state index >= 15 is 0 Å². The van der Waals surface area contributed by atoms with Crippen molar-refractivity contribution in [2.45, 2.75) is 52.6 Å². The van der Waals surface area contributed by atoms with Crippen molar-refractivity contribution in [3.8, 4) is 0 Å². The van der Waals surface area contributed by atoms with Gasteiger partial charge < -0.3 is 5.32 Å². The van der Waals surface area contributed by atoms with E-state index in [4.69, 9.17) is 0 Å². The molecule has 1 aromatic rings. The van der Waals surface area contributed by atoms with Crippen LogP contribution in [0.3, 0.4) is 0 Å². The molecular weight excluding hydrogens is 232 g/mol. The first kappa shape index (κ1) is 16.2. The standard InChI is InChI=1S/C17H30N2/c1-4-6-12-19(13-7-5-2)15-17-10-8-16(9-11-17)14-18-3/h8-11,18H,4-7,12-15H2,1-3H3. The van der Waals surface area contributed by atoms with Crippen LogP contribution >= 0.6 is 0 Å². The van der Waals surface area contributed by atoms with E-state index in [9.17, 15) is 0 Å². The summed E-state index contributed by atoms with van der Waals surface area (Å²) in [5.74, 6) is 0. The Morgan fingerprint density at radius 1 is 0.895 bits per heavy atom. The highest BCUT2D eigenvalue weighted by molar-refractivity contribution is 5.22. The zero-order chi connectivity index (χ0) is 13.9. The Labute approximate surface area is 119 Å². The van der Waals surface area contributed by atoms with Gasteiger partial charge in [-0.1, -0.05) is 51.0 Å². The minimum Gasteiger partial charge on any atom is -0.316 e. The van der Waals surface area contributed by atoms with Gasteiger partial charge >= 0.3 is 0 Å². The molecule has 19 heavy (non-hydrogen) atoms. The van der Waals surface area contributed by atoms with E-state index < -0.39 is 0 Å². The van der Waals surface area contributed by atoms with Gasteiger partial charge in [0.2, 0.25) is 0 Å². The number of benzene rings is 1. The molecule has 1 rings (SSSR count). The van der Waals surface area contributed by atoms with Crippen LogP contribution in [0.5, 0.6) is 0 Å². The number of nitrogens with one attached hydrogen (secondary N) is 1. The zero-order valence-electron chi connectivity index (χ0n) is 12.9. The number of nitrogens with zero attached hydrogens (tertiary/aromatic N) is 1. The van der Waals surface area contributed by atoms with Gasteiger partial charge in [-0.2, -0.15) is 0 Å². The highest BCUT2D eigenvalue weighted by Gasteiger charge is 2.05. The van der Waals surface area contributed by atoms with Crippen LogP contribution in [0.4, 0.5) is 0 Å². The average Bonchev–Trinajstić information content (AvgIpc) is 2.44. The number of hydrogen-bond donors (Lipinski definition) is 1. The largest absolute Gasteiger partial charge is 0.316 e. The van der Waals surface area contributed by atoms with Gasteiger partial charge in [0.15, 0.2) is 0 Å². The van der Waals surface area contributed by atoms with E-state index in [2.05, 4.69) is 48.3 Å². The molecule has 0 aliphatic rings. The molecule has 0 aromatic heterocycles. The quantitative estimate of drug-likeness (QED) is 0.690. The van der Waals surface area contributed by atoms with Crippen LogP contribution in [0.2, 0.25) is 0 Å². The second-order valence-corrected chi connectivity index (χ2v) is 5.33. The van der Waals surface area contributed by atoms with Crippen molar-refractivity contribution in [3.63, 3.8) is 0 Å². The summed E-state index contributed by atoms with van der Waals surface area (Å²) in [6.45, 7) is 9.05. The van der Waals surface area contributed by atoms with Crippen LogP contribution in [0.1, 0.15) is 50.7 Å². The van der Waals surface area contributed by atoms with Gasteiger partial charge in [-0.15, -0.1) is 0 Å². The molecule has 0 heterocycles. The molecule has 0 amide bonds. The predicted molar refractivity (Wildman–Crippen MR) is 84.3 cm³/mol. The maximum atomic E-state index is 3.19. The summed E-state index contributed by atoms with van der Waals surface area (Å²) >= 11 is 0. The first-order valence-corrected chi connectivity index (χ1v) is 7.74. The van der Waals surface area contributed by atoms with Crippen LogP contribution in [0.25, 0.3) is 0 Å². The fourth-order valence-corrected chi connectivity index (χ4v) is 2.26. The highest BCUT2D eigenvalue weighted by atomic mass is 15.1. The summed E-state index contributed by atoms with van der Waals surface area (Å²) in [6, 6.07) is 9.03. The average molecular weight is 262 g/mol. The third kappa shape index (κ3) is 6.74. The number of unbranched alkanes of at least 4 members (excludes halogenated alkanes) is 2. The van der Waals surface area contributed by atoms with Crippen molar-refractivity contribution in [1.82, 2.24) is 10.2 Å². The highest BCUT2D eigenvalue weighted by Crippen LogP contribution is 2.09. The third-order valence-electron chi connectivity index (χ3n) is 3.47. The lowest BCUT2D eigenvalue weighted by Gasteiger charge is -2.22. The normalized spacial score (nSPS) is 11.2. The molecule has 0 bridgehead atoms. The van der Waals surface area contributed by atoms with Gasteiger partial charge in [0.05, 0.1) is 0 Å². The molecule has 0 aliphatic carbocycles. The monoisotopic (exact) mass is 262 g/mol. The molecule has 0 saturated carbocycles. The molecule has 1 N–H and O–H groups in total. The molecule has 0 unspecified atom stereocenters. The summed E-state index contributed by atoms with van der Waals surface area (Å²) < 4.78 is 0. The van der Waals surface area contributed by atoms with Crippen molar-refractivity contribution in [2.24, 2.45) is 0 Å². The van der Waals surface area contributed by atoms with Gasteiger partial charge in [0.25, 0.3) is 0 Å². The summed E-state index contributed by atoms with van der Waals surface area (Å²) in [7, 11) is 1.99. The molecule has 0 radical (unpaired) electrons. The second-order valence-electron chi connectivity index (χ2n) is 5.33. The molecule has 2 nitrogen and oxygen atoms in total. The molecule has 0 fully saturated rings. The topological polar surface area (TPSA) is 15.3 Å². The van der Waals surface area contributed by atoms with E-state index in [0.29, 0.717) is 0 Å². The SMILES string of the molecule is CCCCN(CCCC)Cc1ccc(CNC)cc1. The zero-order valence-corrected chi connectivity index (χ0v) is 12.9. The summed E-state index contributed by atoms with van der Waals surface area (Å²) in [6.07, 6.45) is 5.18. The van der Waals surface area contributed by atoms with Crippen LogP contribution in [-0.4, -0.2) is 25.0 Å². The molecule has 108 valence electrons. The van der Waals surface area contributed by atoms with Gasteiger partial charge in [0.1, 0.15) is 0 Å². The van der Waals surface area contributed by atoms with Gasteiger partial charge in [0, 0.05) is 13.1 Å².